The molecule has 0 unspecified atom stereocenters. The first-order valence-electron chi connectivity index (χ1n) is 14.4. The number of rotatable bonds is 11. The van der Waals surface area contributed by atoms with Crippen LogP contribution in [0.1, 0.15) is 37.5 Å². The number of halogens is 1. The first kappa shape index (κ1) is 32.8. The molecule has 4 rings (SSSR count). The van der Waals surface area contributed by atoms with E-state index in [0.717, 1.165) is 15.4 Å². The Hall–Kier alpha value is -4.14. The molecule has 230 valence electrons. The fourth-order valence-corrected chi connectivity index (χ4v) is 6.48. The van der Waals surface area contributed by atoms with Crippen LogP contribution in [-0.2, 0) is 32.6 Å². The van der Waals surface area contributed by atoms with Crippen molar-refractivity contribution < 1.29 is 18.0 Å². The second kappa shape index (κ2) is 14.1. The Balaban J connectivity index is 1.81. The van der Waals surface area contributed by atoms with Gasteiger partial charge in [0, 0.05) is 23.5 Å². The third-order valence-corrected chi connectivity index (χ3v) is 9.06. The molecule has 0 aliphatic carbocycles. The monoisotopic (exact) mass is 631 g/mol. The van der Waals surface area contributed by atoms with Crippen LogP contribution >= 0.6 is 11.6 Å². The van der Waals surface area contributed by atoms with Crippen molar-refractivity contribution in [3.63, 3.8) is 0 Å². The molecule has 0 aliphatic rings. The molecule has 4 aromatic rings. The second-order valence-corrected chi connectivity index (χ2v) is 14.0. The van der Waals surface area contributed by atoms with E-state index in [0.29, 0.717) is 16.3 Å². The van der Waals surface area contributed by atoms with E-state index >= 15 is 0 Å². The quantitative estimate of drug-likeness (QED) is 0.208. The predicted molar refractivity (Wildman–Crippen MR) is 176 cm³/mol. The van der Waals surface area contributed by atoms with Gasteiger partial charge in [-0.15, -0.1) is 0 Å². The van der Waals surface area contributed by atoms with Gasteiger partial charge in [0.15, 0.2) is 0 Å². The van der Waals surface area contributed by atoms with Crippen LogP contribution in [0.3, 0.4) is 0 Å². The van der Waals surface area contributed by atoms with Crippen LogP contribution in [0.2, 0.25) is 5.02 Å². The van der Waals surface area contributed by atoms with Gasteiger partial charge in [0.1, 0.15) is 12.6 Å². The van der Waals surface area contributed by atoms with Gasteiger partial charge in [-0.2, -0.15) is 0 Å². The Kier molecular flexibility index (Phi) is 10.5. The lowest BCUT2D eigenvalue weighted by atomic mass is 10.0. The molecule has 0 aromatic heterocycles. The maximum absolute atomic E-state index is 14.5. The Labute approximate surface area is 265 Å². The molecule has 2 amide bonds. The molecule has 1 N–H and O–H groups in total. The lowest BCUT2D eigenvalue weighted by Gasteiger charge is -2.35. The third kappa shape index (κ3) is 8.49. The average Bonchev–Trinajstić information content (AvgIpc) is 2.98. The van der Waals surface area contributed by atoms with Crippen molar-refractivity contribution in [1.82, 2.24) is 10.2 Å². The molecule has 0 fully saturated rings. The minimum absolute atomic E-state index is 0.00104. The van der Waals surface area contributed by atoms with Gasteiger partial charge >= 0.3 is 0 Å². The summed E-state index contributed by atoms with van der Waals surface area (Å²) in [7, 11) is -4.20. The smallest absolute Gasteiger partial charge is 0.264 e. The van der Waals surface area contributed by atoms with E-state index in [2.05, 4.69) is 5.32 Å². The summed E-state index contributed by atoms with van der Waals surface area (Å²) in [5, 5.41) is 3.43. The van der Waals surface area contributed by atoms with Crippen molar-refractivity contribution in [2.75, 3.05) is 10.8 Å². The highest BCUT2D eigenvalue weighted by atomic mass is 35.5. The van der Waals surface area contributed by atoms with E-state index in [1.54, 1.807) is 25.1 Å². The number of benzene rings is 4. The highest BCUT2D eigenvalue weighted by molar-refractivity contribution is 7.92. The van der Waals surface area contributed by atoms with Gasteiger partial charge in [-0.3, -0.25) is 13.9 Å². The summed E-state index contributed by atoms with van der Waals surface area (Å²) in [5.74, 6) is -0.840. The van der Waals surface area contributed by atoms with E-state index in [1.165, 1.54) is 29.2 Å². The van der Waals surface area contributed by atoms with Gasteiger partial charge < -0.3 is 10.2 Å². The number of carbonyl (C=O) groups excluding carboxylic acids is 2. The highest BCUT2D eigenvalue weighted by Crippen LogP contribution is 2.28. The van der Waals surface area contributed by atoms with Gasteiger partial charge in [0.25, 0.3) is 10.0 Å². The topological polar surface area (TPSA) is 86.8 Å². The largest absolute Gasteiger partial charge is 0.350 e. The fourth-order valence-electron chi connectivity index (χ4n) is 4.88. The van der Waals surface area contributed by atoms with Crippen molar-refractivity contribution in [3.8, 4) is 0 Å². The molecule has 0 bridgehead atoms. The number of aryl methyl sites for hydroxylation is 1. The van der Waals surface area contributed by atoms with E-state index < -0.39 is 34.1 Å². The molecule has 4 aromatic carbocycles. The van der Waals surface area contributed by atoms with Crippen molar-refractivity contribution >= 4 is 39.1 Å². The summed E-state index contributed by atoms with van der Waals surface area (Å²) in [6, 6.07) is 30.8. The van der Waals surface area contributed by atoms with Crippen molar-refractivity contribution in [2.24, 2.45) is 0 Å². The molecule has 9 heteroatoms. The minimum atomic E-state index is -4.20. The Bertz CT molecular complexity index is 1670. The van der Waals surface area contributed by atoms with Crippen LogP contribution in [0.5, 0.6) is 0 Å². The van der Waals surface area contributed by atoms with Gasteiger partial charge in [-0.05, 0) is 74.7 Å². The number of hydrogen-bond donors (Lipinski definition) is 1. The number of sulfonamides is 1. The van der Waals surface area contributed by atoms with Crippen LogP contribution in [-0.4, -0.2) is 43.3 Å². The lowest BCUT2D eigenvalue weighted by molar-refractivity contribution is -0.140. The zero-order valence-corrected chi connectivity index (χ0v) is 27.0. The Morgan fingerprint density at radius 2 is 1.34 bits per heavy atom. The van der Waals surface area contributed by atoms with Crippen LogP contribution in [0.4, 0.5) is 5.69 Å². The van der Waals surface area contributed by atoms with Crippen LogP contribution < -0.4 is 9.62 Å². The zero-order chi connectivity index (χ0) is 31.9. The summed E-state index contributed by atoms with van der Waals surface area (Å²) in [5.41, 5.74) is 2.17. The van der Waals surface area contributed by atoms with E-state index in [9.17, 15) is 18.0 Å². The predicted octanol–water partition coefficient (Wildman–Crippen LogP) is 6.40. The molecule has 0 heterocycles. The Morgan fingerprint density at radius 1 is 0.795 bits per heavy atom. The summed E-state index contributed by atoms with van der Waals surface area (Å²) in [4.78, 5) is 29.9. The normalized spacial score (nSPS) is 12.3. The summed E-state index contributed by atoms with van der Waals surface area (Å²) in [6.07, 6.45) is 0.246. The average molecular weight is 632 g/mol. The molecule has 0 saturated carbocycles. The van der Waals surface area contributed by atoms with Gasteiger partial charge in [0.05, 0.1) is 10.6 Å². The number of nitrogens with zero attached hydrogens (tertiary/aromatic N) is 2. The molecule has 1 atom stereocenters. The summed E-state index contributed by atoms with van der Waals surface area (Å²) < 4.78 is 29.4. The summed E-state index contributed by atoms with van der Waals surface area (Å²) in [6.45, 7) is 7.03. The first-order chi connectivity index (χ1) is 20.8. The first-order valence-corrected chi connectivity index (χ1v) is 16.2. The molecule has 0 saturated heterocycles. The minimum Gasteiger partial charge on any atom is -0.350 e. The summed E-state index contributed by atoms with van der Waals surface area (Å²) >= 11 is 6.06. The fraction of sp³-hybridized carbons (Fsp3) is 0.257. The number of nitrogens with one attached hydrogen (secondary N) is 1. The lowest BCUT2D eigenvalue weighted by Crippen LogP contribution is -2.56. The zero-order valence-electron chi connectivity index (χ0n) is 25.4. The number of amides is 2. The highest BCUT2D eigenvalue weighted by Gasteiger charge is 2.36. The van der Waals surface area contributed by atoms with E-state index in [4.69, 9.17) is 11.6 Å². The van der Waals surface area contributed by atoms with Gasteiger partial charge in [-0.25, -0.2) is 8.42 Å². The van der Waals surface area contributed by atoms with Crippen LogP contribution in [0.25, 0.3) is 0 Å². The number of hydrogen-bond acceptors (Lipinski definition) is 4. The van der Waals surface area contributed by atoms with Crippen LogP contribution in [0.15, 0.2) is 114 Å². The number of para-hydroxylation sites is 1. The molecule has 0 spiro atoms. The number of carbonyl (C=O) groups is 2. The maximum atomic E-state index is 14.5. The van der Waals surface area contributed by atoms with Crippen LogP contribution in [0, 0.1) is 6.92 Å². The maximum Gasteiger partial charge on any atom is 0.264 e. The van der Waals surface area contributed by atoms with E-state index in [1.807, 2.05) is 87.5 Å². The molecule has 44 heavy (non-hydrogen) atoms. The molecule has 7 nitrogen and oxygen atoms in total. The third-order valence-electron chi connectivity index (χ3n) is 7.03. The van der Waals surface area contributed by atoms with Crippen molar-refractivity contribution in [3.05, 3.63) is 131 Å². The second-order valence-electron chi connectivity index (χ2n) is 11.7. The van der Waals surface area contributed by atoms with Gasteiger partial charge in [-0.1, -0.05) is 90.5 Å². The number of anilines is 1. The standard InChI is InChI=1S/C35H38ClN3O4S/c1-26-13-11-12-18-31(26)39(44(42,43)30-21-19-29(36)20-22-30)25-33(40)38(24-28-16-9-6-10-17-28)32(34(41)37-35(2,3)4)23-27-14-7-5-8-15-27/h5-22,32H,23-25H2,1-4H3,(H,37,41)/t32-/m1/s1. The SMILES string of the molecule is Cc1ccccc1N(CC(=O)N(Cc1ccccc1)[C@H](Cc1ccccc1)C(=O)NC(C)(C)C)S(=O)(=O)c1ccc(Cl)cc1. The van der Waals surface area contributed by atoms with Crippen molar-refractivity contribution in [1.29, 1.82) is 0 Å². The Morgan fingerprint density at radius 3 is 1.91 bits per heavy atom. The van der Waals surface area contributed by atoms with Crippen molar-refractivity contribution in [2.45, 2.75) is 57.1 Å². The van der Waals surface area contributed by atoms with Gasteiger partial charge in [0.2, 0.25) is 11.8 Å². The van der Waals surface area contributed by atoms with E-state index in [-0.39, 0.29) is 23.8 Å². The molecular weight excluding hydrogens is 594 g/mol. The molecule has 0 aliphatic heterocycles. The molecule has 0 radical (unpaired) electrons. The molecular formula is C35H38ClN3O4S.